The van der Waals surface area contributed by atoms with Crippen LogP contribution < -0.4 is 15.0 Å². The molecule has 1 saturated heterocycles. The smallest absolute Gasteiger partial charge is 0.252 e. The number of carbonyl (C=O) groups is 1. The molecule has 0 radical (unpaired) electrons. The Morgan fingerprint density at radius 2 is 1.81 bits per heavy atom. The van der Waals surface area contributed by atoms with Crippen molar-refractivity contribution < 1.29 is 17.9 Å². The van der Waals surface area contributed by atoms with Gasteiger partial charge in [-0.3, -0.25) is 4.79 Å². The molecule has 10 heteroatoms. The van der Waals surface area contributed by atoms with Gasteiger partial charge in [0.15, 0.2) is 0 Å². The van der Waals surface area contributed by atoms with Crippen molar-refractivity contribution in [2.75, 3.05) is 50.5 Å². The number of hydrogen-bond acceptors (Lipinski definition) is 5. The van der Waals surface area contributed by atoms with Crippen LogP contribution in [0.15, 0.2) is 46.9 Å². The summed E-state index contributed by atoms with van der Waals surface area (Å²) in [4.78, 5) is 14.4. The molecule has 2 aromatic carbocycles. The Morgan fingerprint density at radius 1 is 1.13 bits per heavy atom. The molecule has 1 amide bonds. The molecule has 0 bridgehead atoms. The van der Waals surface area contributed by atoms with Crippen LogP contribution in [0.2, 0.25) is 5.02 Å². The van der Waals surface area contributed by atoms with Crippen molar-refractivity contribution in [3.05, 3.63) is 57.5 Å². The van der Waals surface area contributed by atoms with Gasteiger partial charge < -0.3 is 15.0 Å². The maximum atomic E-state index is 12.7. The second-order valence-electron chi connectivity index (χ2n) is 7.13. The van der Waals surface area contributed by atoms with Gasteiger partial charge in [-0.2, -0.15) is 4.31 Å². The zero-order valence-corrected chi connectivity index (χ0v) is 20.3. The van der Waals surface area contributed by atoms with Gasteiger partial charge in [0.1, 0.15) is 5.75 Å². The molecule has 1 heterocycles. The van der Waals surface area contributed by atoms with Crippen LogP contribution in [0.3, 0.4) is 0 Å². The SMILES string of the molecule is COc1ccc(N2CCN(S(=O)(=O)CCCNC(=O)c3cc(Br)ccc3Cl)CC2)cc1. The third-order valence-corrected chi connectivity index (χ3v) is 7.89. The quantitative estimate of drug-likeness (QED) is 0.530. The molecule has 0 saturated carbocycles. The fourth-order valence-corrected chi connectivity index (χ4v) is 5.42. The summed E-state index contributed by atoms with van der Waals surface area (Å²) in [6, 6.07) is 12.8. The molecule has 1 fully saturated rings. The van der Waals surface area contributed by atoms with Gasteiger partial charge in [-0.15, -0.1) is 0 Å². The zero-order valence-electron chi connectivity index (χ0n) is 17.2. The minimum Gasteiger partial charge on any atom is -0.497 e. The molecule has 31 heavy (non-hydrogen) atoms. The van der Waals surface area contributed by atoms with Crippen molar-refractivity contribution in [2.24, 2.45) is 0 Å². The first-order valence-corrected chi connectivity index (χ1v) is 12.7. The van der Waals surface area contributed by atoms with Crippen LogP contribution in [0.4, 0.5) is 5.69 Å². The summed E-state index contributed by atoms with van der Waals surface area (Å²) in [5.41, 5.74) is 1.40. The first-order chi connectivity index (χ1) is 14.8. The van der Waals surface area contributed by atoms with Gasteiger partial charge in [-0.25, -0.2) is 8.42 Å². The van der Waals surface area contributed by atoms with Crippen molar-refractivity contribution in [2.45, 2.75) is 6.42 Å². The Hall–Kier alpha value is -1.81. The Morgan fingerprint density at radius 3 is 2.45 bits per heavy atom. The number of rotatable bonds is 8. The van der Waals surface area contributed by atoms with Crippen LogP contribution in [0.1, 0.15) is 16.8 Å². The highest BCUT2D eigenvalue weighted by Gasteiger charge is 2.26. The standard InChI is InChI=1S/C21H25BrClN3O4S/c1-30-18-6-4-17(5-7-18)25-10-12-26(13-11-25)31(28,29)14-2-9-24-21(27)19-15-16(22)3-8-20(19)23/h3-8,15H,2,9-14H2,1H3,(H,24,27). The van der Waals surface area contributed by atoms with Gasteiger partial charge in [0, 0.05) is 42.9 Å². The molecule has 1 aliphatic heterocycles. The second-order valence-corrected chi connectivity index (χ2v) is 10.5. The average Bonchev–Trinajstić information content (AvgIpc) is 2.78. The summed E-state index contributed by atoms with van der Waals surface area (Å²) < 4.78 is 32.8. The number of sulfonamides is 1. The fraction of sp³-hybridized carbons (Fsp3) is 0.381. The third kappa shape index (κ3) is 6.35. The van der Waals surface area contributed by atoms with E-state index in [1.54, 1.807) is 25.3 Å². The van der Waals surface area contributed by atoms with Crippen LogP contribution in [-0.2, 0) is 10.0 Å². The first kappa shape index (κ1) is 23.8. The molecule has 1 N–H and O–H groups in total. The third-order valence-electron chi connectivity index (χ3n) is 5.11. The number of carbonyl (C=O) groups excluding carboxylic acids is 1. The minimum absolute atomic E-state index is 0.0119. The molecule has 0 aliphatic carbocycles. The van der Waals surface area contributed by atoms with Crippen molar-refractivity contribution in [1.82, 2.24) is 9.62 Å². The van der Waals surface area contributed by atoms with Gasteiger partial charge >= 0.3 is 0 Å². The van der Waals surface area contributed by atoms with Crippen LogP contribution in [0, 0.1) is 0 Å². The number of amides is 1. The van der Waals surface area contributed by atoms with Gasteiger partial charge in [0.2, 0.25) is 10.0 Å². The maximum Gasteiger partial charge on any atom is 0.252 e. The lowest BCUT2D eigenvalue weighted by atomic mass is 10.2. The molecule has 0 unspecified atom stereocenters. The highest BCUT2D eigenvalue weighted by atomic mass is 79.9. The lowest BCUT2D eigenvalue weighted by Gasteiger charge is -2.35. The second kappa shape index (κ2) is 10.7. The Bertz CT molecular complexity index is 1010. The van der Waals surface area contributed by atoms with Crippen LogP contribution in [0.25, 0.3) is 0 Å². The molecular formula is C21H25BrClN3O4S. The molecule has 3 rings (SSSR count). The maximum absolute atomic E-state index is 12.7. The van der Waals surface area contributed by atoms with E-state index < -0.39 is 10.0 Å². The molecule has 1 aliphatic rings. The van der Waals surface area contributed by atoms with Crippen LogP contribution in [0.5, 0.6) is 5.75 Å². The zero-order chi connectivity index (χ0) is 22.4. The van der Waals surface area contributed by atoms with E-state index >= 15 is 0 Å². The van der Waals surface area contributed by atoms with Crippen molar-refractivity contribution in [3.8, 4) is 5.75 Å². The summed E-state index contributed by atoms with van der Waals surface area (Å²) in [6.45, 7) is 2.39. The summed E-state index contributed by atoms with van der Waals surface area (Å²) >= 11 is 9.36. The fourth-order valence-electron chi connectivity index (χ4n) is 3.37. The number of hydrogen-bond donors (Lipinski definition) is 1. The number of nitrogens with zero attached hydrogens (tertiary/aromatic N) is 2. The van der Waals surface area contributed by atoms with Gasteiger partial charge in [-0.1, -0.05) is 27.5 Å². The highest BCUT2D eigenvalue weighted by Crippen LogP contribution is 2.22. The summed E-state index contributed by atoms with van der Waals surface area (Å²) in [5.74, 6) is 0.457. The monoisotopic (exact) mass is 529 g/mol. The van der Waals surface area contributed by atoms with Gasteiger partial charge in [0.25, 0.3) is 5.91 Å². The van der Waals surface area contributed by atoms with Crippen molar-refractivity contribution in [1.29, 1.82) is 0 Å². The van der Waals surface area contributed by atoms with E-state index in [2.05, 4.69) is 26.1 Å². The molecule has 0 aromatic heterocycles. The number of halogens is 2. The number of benzene rings is 2. The largest absolute Gasteiger partial charge is 0.497 e. The van der Waals surface area contributed by atoms with E-state index in [-0.39, 0.29) is 18.2 Å². The Balaban J connectivity index is 1.45. The predicted molar refractivity (Wildman–Crippen MR) is 127 cm³/mol. The average molecular weight is 531 g/mol. The summed E-state index contributed by atoms with van der Waals surface area (Å²) in [5, 5.41) is 3.08. The topological polar surface area (TPSA) is 79.0 Å². The van der Waals surface area contributed by atoms with Crippen LogP contribution in [-0.4, -0.2) is 64.2 Å². The van der Waals surface area contributed by atoms with E-state index in [0.717, 1.165) is 15.9 Å². The van der Waals surface area contributed by atoms with E-state index in [9.17, 15) is 13.2 Å². The Labute approximate surface area is 196 Å². The Kier molecular flexibility index (Phi) is 8.21. The molecule has 7 nitrogen and oxygen atoms in total. The highest BCUT2D eigenvalue weighted by molar-refractivity contribution is 9.10. The summed E-state index contributed by atoms with van der Waals surface area (Å²) in [6.07, 6.45) is 0.332. The molecule has 168 valence electrons. The van der Waals surface area contributed by atoms with E-state index in [0.29, 0.717) is 43.2 Å². The van der Waals surface area contributed by atoms with Crippen LogP contribution >= 0.6 is 27.5 Å². The number of methoxy groups -OCH3 is 1. The molecule has 0 spiro atoms. The first-order valence-electron chi connectivity index (χ1n) is 9.90. The number of anilines is 1. The molecule has 0 atom stereocenters. The van der Waals surface area contributed by atoms with Crippen molar-refractivity contribution in [3.63, 3.8) is 0 Å². The van der Waals surface area contributed by atoms with E-state index in [4.69, 9.17) is 16.3 Å². The van der Waals surface area contributed by atoms with Gasteiger partial charge in [-0.05, 0) is 48.9 Å². The van der Waals surface area contributed by atoms with Crippen molar-refractivity contribution >= 4 is 49.1 Å². The van der Waals surface area contributed by atoms with E-state index in [1.807, 2.05) is 24.3 Å². The number of ether oxygens (including phenoxy) is 1. The lowest BCUT2D eigenvalue weighted by Crippen LogP contribution is -2.49. The summed E-state index contributed by atoms with van der Waals surface area (Å²) in [7, 11) is -1.75. The lowest BCUT2D eigenvalue weighted by molar-refractivity contribution is 0.0953. The predicted octanol–water partition coefficient (Wildman–Crippen LogP) is 3.38. The number of piperazine rings is 1. The van der Waals surface area contributed by atoms with Gasteiger partial charge in [0.05, 0.1) is 23.4 Å². The normalized spacial score (nSPS) is 15.0. The molecular weight excluding hydrogens is 506 g/mol. The molecule has 2 aromatic rings. The minimum atomic E-state index is -3.38. The number of nitrogens with one attached hydrogen (secondary N) is 1. The van der Waals surface area contributed by atoms with E-state index in [1.165, 1.54) is 4.31 Å².